The number of rotatable bonds is 4. The lowest BCUT2D eigenvalue weighted by Gasteiger charge is -2.34. The highest BCUT2D eigenvalue weighted by atomic mass is 19.1. The highest BCUT2D eigenvalue weighted by Gasteiger charge is 2.26. The van der Waals surface area contributed by atoms with E-state index in [1.807, 2.05) is 13.0 Å². The molecule has 22 heavy (non-hydrogen) atoms. The van der Waals surface area contributed by atoms with Gasteiger partial charge in [-0.2, -0.15) is 0 Å². The average molecular weight is 308 g/mol. The second kappa shape index (κ2) is 7.58. The molecule has 122 valence electrons. The van der Waals surface area contributed by atoms with E-state index in [-0.39, 0.29) is 29.9 Å². The Labute approximate surface area is 131 Å². The Balaban J connectivity index is 1.85. The molecule has 0 radical (unpaired) electrons. The summed E-state index contributed by atoms with van der Waals surface area (Å²) in [5.74, 6) is -0.107. The molecule has 3 atom stereocenters. The van der Waals surface area contributed by atoms with Crippen molar-refractivity contribution in [3.05, 3.63) is 35.6 Å². The molecule has 2 amide bonds. The number of hydrogen-bond donors (Lipinski definition) is 2. The smallest absolute Gasteiger partial charge is 0.317 e. The summed E-state index contributed by atoms with van der Waals surface area (Å²) in [6.45, 7) is 5.01. The van der Waals surface area contributed by atoms with Gasteiger partial charge in [0, 0.05) is 25.0 Å². The van der Waals surface area contributed by atoms with Gasteiger partial charge in [0.25, 0.3) is 0 Å². The predicted molar refractivity (Wildman–Crippen MR) is 84.1 cm³/mol. The number of urea groups is 1. The van der Waals surface area contributed by atoms with Crippen LogP contribution in [-0.2, 0) is 6.42 Å². The number of aliphatic hydroxyl groups excluding tert-OH is 1. The first kappa shape index (κ1) is 16.7. The Hall–Kier alpha value is -1.62. The molecule has 1 aliphatic rings. The van der Waals surface area contributed by atoms with Crippen molar-refractivity contribution < 1.29 is 14.3 Å². The van der Waals surface area contributed by atoms with Gasteiger partial charge in [-0.05, 0) is 50.8 Å². The lowest BCUT2D eigenvalue weighted by atomic mass is 9.94. The first-order valence-corrected chi connectivity index (χ1v) is 7.93. The van der Waals surface area contributed by atoms with Crippen LogP contribution in [0.1, 0.15) is 32.3 Å². The molecule has 0 spiro atoms. The van der Waals surface area contributed by atoms with Crippen LogP contribution in [0, 0.1) is 11.7 Å². The van der Waals surface area contributed by atoms with Crippen molar-refractivity contribution in [3.63, 3.8) is 0 Å². The molecule has 5 heteroatoms. The number of piperidine rings is 1. The van der Waals surface area contributed by atoms with Gasteiger partial charge in [-0.15, -0.1) is 0 Å². The molecule has 2 N–H and O–H groups in total. The largest absolute Gasteiger partial charge is 0.393 e. The number of nitrogens with zero attached hydrogens (tertiary/aromatic N) is 1. The quantitative estimate of drug-likeness (QED) is 0.898. The maximum absolute atomic E-state index is 13.2. The average Bonchev–Trinajstić information content (AvgIpc) is 2.47. The molecule has 4 nitrogen and oxygen atoms in total. The standard InChI is InChI=1S/C17H25FN2O2/c1-12(9-14-5-3-7-16(18)10-14)19-17(22)20-8-4-6-15(11-20)13(2)21/h3,5,7,10,12-13,15,21H,4,6,8-9,11H2,1-2H3,(H,19,22). The van der Waals surface area contributed by atoms with Crippen LogP contribution in [0.3, 0.4) is 0 Å². The van der Waals surface area contributed by atoms with Crippen LogP contribution in [0.25, 0.3) is 0 Å². The van der Waals surface area contributed by atoms with E-state index in [1.54, 1.807) is 17.9 Å². The summed E-state index contributed by atoms with van der Waals surface area (Å²) in [5.41, 5.74) is 0.869. The Morgan fingerprint density at radius 2 is 2.27 bits per heavy atom. The molecule has 1 heterocycles. The summed E-state index contributed by atoms with van der Waals surface area (Å²) in [5, 5.41) is 12.6. The minimum atomic E-state index is -0.389. The van der Waals surface area contributed by atoms with Crippen LogP contribution < -0.4 is 5.32 Å². The van der Waals surface area contributed by atoms with E-state index >= 15 is 0 Å². The van der Waals surface area contributed by atoms with Crippen molar-refractivity contribution in [2.45, 2.75) is 45.3 Å². The number of hydrogen-bond acceptors (Lipinski definition) is 2. The molecule has 1 fully saturated rings. The van der Waals surface area contributed by atoms with Gasteiger partial charge < -0.3 is 15.3 Å². The first-order chi connectivity index (χ1) is 10.5. The Morgan fingerprint density at radius 3 is 2.95 bits per heavy atom. The zero-order valence-corrected chi connectivity index (χ0v) is 13.3. The van der Waals surface area contributed by atoms with Crippen molar-refractivity contribution in [2.24, 2.45) is 5.92 Å². The summed E-state index contributed by atoms with van der Waals surface area (Å²) < 4.78 is 13.2. The number of carbonyl (C=O) groups excluding carboxylic acids is 1. The topological polar surface area (TPSA) is 52.6 Å². The molecule has 1 aliphatic heterocycles. The first-order valence-electron chi connectivity index (χ1n) is 7.93. The van der Waals surface area contributed by atoms with E-state index in [9.17, 15) is 14.3 Å². The number of amides is 2. The lowest BCUT2D eigenvalue weighted by molar-refractivity contribution is 0.0734. The monoisotopic (exact) mass is 308 g/mol. The van der Waals surface area contributed by atoms with Crippen molar-refractivity contribution in [1.29, 1.82) is 0 Å². The van der Waals surface area contributed by atoms with Crippen molar-refractivity contribution in [3.8, 4) is 0 Å². The molecule has 0 aromatic heterocycles. The third kappa shape index (κ3) is 4.70. The van der Waals surface area contributed by atoms with Gasteiger partial charge in [0.05, 0.1) is 6.10 Å². The number of carbonyl (C=O) groups is 1. The fourth-order valence-electron chi connectivity index (χ4n) is 2.96. The zero-order chi connectivity index (χ0) is 16.1. The maximum Gasteiger partial charge on any atom is 0.317 e. The van der Waals surface area contributed by atoms with Crippen LogP contribution in [0.15, 0.2) is 24.3 Å². The maximum atomic E-state index is 13.2. The summed E-state index contributed by atoms with van der Waals surface area (Å²) in [6, 6.07) is 6.27. The Bertz CT molecular complexity index is 507. The normalized spacial score (nSPS) is 21.3. The highest BCUT2D eigenvalue weighted by Crippen LogP contribution is 2.19. The predicted octanol–water partition coefficient (Wildman–Crippen LogP) is 2.56. The molecular weight excluding hydrogens is 283 g/mol. The van der Waals surface area contributed by atoms with Gasteiger partial charge in [-0.25, -0.2) is 9.18 Å². The SMILES string of the molecule is CC(Cc1cccc(F)c1)NC(=O)N1CCCC(C(C)O)C1. The number of likely N-dealkylation sites (tertiary alicyclic amines) is 1. The molecule has 1 aromatic rings. The van der Waals surface area contributed by atoms with Crippen LogP contribution in [0.2, 0.25) is 0 Å². The van der Waals surface area contributed by atoms with Crippen LogP contribution in [0.4, 0.5) is 9.18 Å². The van der Waals surface area contributed by atoms with E-state index in [1.165, 1.54) is 12.1 Å². The summed E-state index contributed by atoms with van der Waals surface area (Å²) in [6.07, 6.45) is 2.08. The molecule has 0 bridgehead atoms. The third-order valence-corrected chi connectivity index (χ3v) is 4.23. The summed E-state index contributed by atoms with van der Waals surface area (Å²) in [7, 11) is 0. The fourth-order valence-corrected chi connectivity index (χ4v) is 2.96. The van der Waals surface area contributed by atoms with Gasteiger partial charge in [0.2, 0.25) is 0 Å². The van der Waals surface area contributed by atoms with Crippen LogP contribution in [-0.4, -0.2) is 41.3 Å². The summed E-state index contributed by atoms with van der Waals surface area (Å²) >= 11 is 0. The van der Waals surface area contributed by atoms with Gasteiger partial charge in [0.15, 0.2) is 0 Å². The minimum absolute atomic E-state index is 0.0683. The van der Waals surface area contributed by atoms with Crippen LogP contribution >= 0.6 is 0 Å². The number of nitrogens with one attached hydrogen (secondary N) is 1. The zero-order valence-electron chi connectivity index (χ0n) is 13.3. The van der Waals surface area contributed by atoms with E-state index in [0.29, 0.717) is 13.0 Å². The molecule has 0 aliphatic carbocycles. The van der Waals surface area contributed by atoms with Gasteiger partial charge in [-0.3, -0.25) is 0 Å². The molecule has 1 aromatic carbocycles. The highest BCUT2D eigenvalue weighted by molar-refractivity contribution is 5.74. The van der Waals surface area contributed by atoms with Gasteiger partial charge >= 0.3 is 6.03 Å². The summed E-state index contributed by atoms with van der Waals surface area (Å²) in [4.78, 5) is 14.1. The van der Waals surface area contributed by atoms with E-state index < -0.39 is 0 Å². The van der Waals surface area contributed by atoms with Crippen LogP contribution in [0.5, 0.6) is 0 Å². The van der Waals surface area contributed by atoms with Crippen molar-refractivity contribution in [2.75, 3.05) is 13.1 Å². The Morgan fingerprint density at radius 1 is 1.50 bits per heavy atom. The van der Waals surface area contributed by atoms with E-state index in [0.717, 1.165) is 24.9 Å². The van der Waals surface area contributed by atoms with Crippen molar-refractivity contribution in [1.82, 2.24) is 10.2 Å². The van der Waals surface area contributed by atoms with E-state index in [2.05, 4.69) is 5.32 Å². The number of halogens is 1. The molecule has 1 saturated heterocycles. The second-order valence-corrected chi connectivity index (χ2v) is 6.27. The molecule has 3 unspecified atom stereocenters. The number of benzene rings is 1. The lowest BCUT2D eigenvalue weighted by Crippen LogP contribution is -2.49. The van der Waals surface area contributed by atoms with Gasteiger partial charge in [-0.1, -0.05) is 12.1 Å². The molecule has 0 saturated carbocycles. The second-order valence-electron chi connectivity index (χ2n) is 6.27. The van der Waals surface area contributed by atoms with E-state index in [4.69, 9.17) is 0 Å². The minimum Gasteiger partial charge on any atom is -0.393 e. The van der Waals surface area contributed by atoms with Crippen molar-refractivity contribution >= 4 is 6.03 Å². The third-order valence-electron chi connectivity index (χ3n) is 4.23. The molecule has 2 rings (SSSR count). The van der Waals surface area contributed by atoms with Gasteiger partial charge in [0.1, 0.15) is 5.82 Å². The Kier molecular flexibility index (Phi) is 5.77. The number of aliphatic hydroxyl groups is 1. The fraction of sp³-hybridized carbons (Fsp3) is 0.588. The molecular formula is C17H25FN2O2.